The summed E-state index contributed by atoms with van der Waals surface area (Å²) >= 11 is 0. The largest absolute Gasteiger partial charge is 0.335 e. The summed E-state index contributed by atoms with van der Waals surface area (Å²) in [6.45, 7) is 7.53. The van der Waals surface area contributed by atoms with E-state index in [1.807, 2.05) is 0 Å². The minimum atomic E-state index is 0.110. The van der Waals surface area contributed by atoms with Gasteiger partial charge in [0.25, 0.3) is 0 Å². The fraction of sp³-hybridized carbons (Fsp3) is 0.632. The van der Waals surface area contributed by atoms with Gasteiger partial charge in [0.15, 0.2) is 0 Å². The van der Waals surface area contributed by atoms with Crippen LogP contribution in [0.1, 0.15) is 69.6 Å². The summed E-state index contributed by atoms with van der Waals surface area (Å²) in [4.78, 5) is 14.8. The van der Waals surface area contributed by atoms with Gasteiger partial charge >= 0.3 is 0 Å². The normalized spacial score (nSPS) is 20.5. The zero-order valence-electron chi connectivity index (χ0n) is 13.6. The van der Waals surface area contributed by atoms with Crippen LogP contribution in [-0.4, -0.2) is 16.8 Å². The van der Waals surface area contributed by atoms with Crippen molar-refractivity contribution >= 4 is 5.91 Å². The van der Waals surface area contributed by atoms with Crippen molar-refractivity contribution < 1.29 is 4.79 Å². The van der Waals surface area contributed by atoms with Crippen molar-refractivity contribution in [3.63, 3.8) is 0 Å². The lowest BCUT2D eigenvalue weighted by Crippen LogP contribution is -2.44. The number of benzene rings is 1. The molecule has 2 heteroatoms. The van der Waals surface area contributed by atoms with Gasteiger partial charge in [-0.15, -0.1) is 0 Å². The molecule has 1 fully saturated rings. The predicted molar refractivity (Wildman–Crippen MR) is 86.3 cm³/mol. The molecule has 0 atom stereocenters. The highest BCUT2D eigenvalue weighted by molar-refractivity contribution is 5.82. The van der Waals surface area contributed by atoms with E-state index in [2.05, 4.69) is 43.9 Å². The highest BCUT2D eigenvalue weighted by atomic mass is 16.2. The maximum atomic E-state index is 12.7. The summed E-state index contributed by atoms with van der Waals surface area (Å²) in [6, 6.07) is 7.06. The maximum Gasteiger partial charge on any atom is 0.227 e. The summed E-state index contributed by atoms with van der Waals surface area (Å²) < 4.78 is 0. The SMILES string of the molecule is CC(C)(C)c1cccc2c1CC(=O)N(C1CCCCC1)C2. The molecule has 1 aliphatic heterocycles. The molecule has 1 saturated carbocycles. The first-order valence-corrected chi connectivity index (χ1v) is 8.37. The van der Waals surface area contributed by atoms with E-state index in [0.29, 0.717) is 18.4 Å². The molecule has 0 spiro atoms. The van der Waals surface area contributed by atoms with Gasteiger partial charge in [-0.25, -0.2) is 0 Å². The average molecular weight is 285 g/mol. The van der Waals surface area contributed by atoms with Crippen LogP contribution in [0.5, 0.6) is 0 Å². The van der Waals surface area contributed by atoms with E-state index in [4.69, 9.17) is 0 Å². The molecule has 0 radical (unpaired) electrons. The number of hydrogen-bond donors (Lipinski definition) is 0. The zero-order chi connectivity index (χ0) is 15.0. The summed E-state index contributed by atoms with van der Waals surface area (Å²) in [5, 5.41) is 0. The van der Waals surface area contributed by atoms with Crippen LogP contribution in [0.25, 0.3) is 0 Å². The molecular weight excluding hydrogens is 258 g/mol. The number of carbonyl (C=O) groups is 1. The molecule has 0 bridgehead atoms. The lowest BCUT2D eigenvalue weighted by molar-refractivity contribution is -0.135. The molecule has 2 nitrogen and oxygen atoms in total. The van der Waals surface area contributed by atoms with Gasteiger partial charge in [0.2, 0.25) is 5.91 Å². The molecule has 1 aromatic rings. The molecule has 0 N–H and O–H groups in total. The van der Waals surface area contributed by atoms with Crippen molar-refractivity contribution in [2.45, 2.75) is 77.3 Å². The summed E-state index contributed by atoms with van der Waals surface area (Å²) in [5.41, 5.74) is 4.12. The van der Waals surface area contributed by atoms with Gasteiger partial charge < -0.3 is 4.90 Å². The Morgan fingerprint density at radius 3 is 2.48 bits per heavy atom. The average Bonchev–Trinajstić information content (AvgIpc) is 2.46. The molecular formula is C19H27NO. The molecule has 1 aliphatic carbocycles. The number of carbonyl (C=O) groups excluding carboxylic acids is 1. The molecule has 1 amide bonds. The fourth-order valence-corrected chi connectivity index (χ4v) is 3.94. The van der Waals surface area contributed by atoms with Crippen LogP contribution in [0, 0.1) is 0 Å². The molecule has 3 rings (SSSR count). The Labute approximate surface area is 128 Å². The first kappa shape index (κ1) is 14.6. The Hall–Kier alpha value is -1.31. The highest BCUT2D eigenvalue weighted by Gasteiger charge is 2.32. The van der Waals surface area contributed by atoms with Crippen LogP contribution in [0.2, 0.25) is 0 Å². The lowest BCUT2D eigenvalue weighted by Gasteiger charge is -2.39. The third-order valence-electron chi connectivity index (χ3n) is 5.09. The second kappa shape index (κ2) is 5.47. The number of hydrogen-bond acceptors (Lipinski definition) is 1. The van der Waals surface area contributed by atoms with Gasteiger partial charge in [-0.1, -0.05) is 58.2 Å². The van der Waals surface area contributed by atoms with Crippen LogP contribution in [0.3, 0.4) is 0 Å². The number of nitrogens with zero attached hydrogens (tertiary/aromatic N) is 1. The van der Waals surface area contributed by atoms with Crippen LogP contribution in [0.4, 0.5) is 0 Å². The van der Waals surface area contributed by atoms with Gasteiger partial charge in [-0.2, -0.15) is 0 Å². The lowest BCUT2D eigenvalue weighted by atomic mass is 9.79. The second-order valence-electron chi connectivity index (χ2n) is 7.68. The topological polar surface area (TPSA) is 20.3 Å². The molecule has 0 saturated heterocycles. The van der Waals surface area contributed by atoms with Crippen molar-refractivity contribution in [1.82, 2.24) is 4.90 Å². The fourth-order valence-electron chi connectivity index (χ4n) is 3.94. The highest BCUT2D eigenvalue weighted by Crippen LogP contribution is 2.34. The second-order valence-corrected chi connectivity index (χ2v) is 7.68. The molecule has 1 aromatic carbocycles. The quantitative estimate of drug-likeness (QED) is 0.757. The Bertz CT molecular complexity index is 535. The third kappa shape index (κ3) is 2.86. The smallest absolute Gasteiger partial charge is 0.227 e. The van der Waals surface area contributed by atoms with Gasteiger partial charge in [0.05, 0.1) is 6.42 Å². The number of rotatable bonds is 1. The number of fused-ring (bicyclic) bond motifs is 1. The van der Waals surface area contributed by atoms with Crippen LogP contribution < -0.4 is 0 Å². The predicted octanol–water partition coefficient (Wildman–Crippen LogP) is 4.20. The van der Waals surface area contributed by atoms with Crippen LogP contribution >= 0.6 is 0 Å². The molecule has 2 aliphatic rings. The van der Waals surface area contributed by atoms with Crippen LogP contribution in [-0.2, 0) is 23.2 Å². The Balaban J connectivity index is 1.90. The standard InChI is InChI=1S/C19H27NO/c1-19(2,3)17-11-7-8-14-13-20(18(21)12-16(14)17)15-9-5-4-6-10-15/h7-8,11,15H,4-6,9-10,12-13H2,1-3H3. The van der Waals surface area contributed by atoms with Crippen molar-refractivity contribution in [1.29, 1.82) is 0 Å². The van der Waals surface area contributed by atoms with Crippen molar-refractivity contribution in [3.8, 4) is 0 Å². The van der Waals surface area contributed by atoms with Crippen molar-refractivity contribution in [3.05, 3.63) is 34.9 Å². The summed E-state index contributed by atoms with van der Waals surface area (Å²) in [6.07, 6.45) is 6.88. The van der Waals surface area contributed by atoms with E-state index >= 15 is 0 Å². The minimum absolute atomic E-state index is 0.110. The third-order valence-corrected chi connectivity index (χ3v) is 5.09. The van der Waals surface area contributed by atoms with Gasteiger partial charge in [0, 0.05) is 12.6 Å². The molecule has 114 valence electrons. The van der Waals surface area contributed by atoms with E-state index in [-0.39, 0.29) is 5.41 Å². The Morgan fingerprint density at radius 2 is 1.81 bits per heavy atom. The Kier molecular flexibility index (Phi) is 3.81. The van der Waals surface area contributed by atoms with Gasteiger partial charge in [0.1, 0.15) is 0 Å². The molecule has 1 heterocycles. The zero-order valence-corrected chi connectivity index (χ0v) is 13.6. The van der Waals surface area contributed by atoms with Crippen molar-refractivity contribution in [2.75, 3.05) is 0 Å². The van der Waals surface area contributed by atoms with Crippen LogP contribution in [0.15, 0.2) is 18.2 Å². The first-order valence-electron chi connectivity index (χ1n) is 8.37. The van der Waals surface area contributed by atoms with E-state index in [9.17, 15) is 4.79 Å². The minimum Gasteiger partial charge on any atom is -0.335 e. The van der Waals surface area contributed by atoms with E-state index in [0.717, 1.165) is 6.54 Å². The van der Waals surface area contributed by atoms with E-state index in [1.54, 1.807) is 0 Å². The van der Waals surface area contributed by atoms with Gasteiger partial charge in [-0.3, -0.25) is 4.79 Å². The summed E-state index contributed by atoms with van der Waals surface area (Å²) in [7, 11) is 0. The molecule has 21 heavy (non-hydrogen) atoms. The summed E-state index contributed by atoms with van der Waals surface area (Å²) in [5.74, 6) is 0.339. The monoisotopic (exact) mass is 285 g/mol. The molecule has 0 aromatic heterocycles. The van der Waals surface area contributed by atoms with E-state index in [1.165, 1.54) is 48.8 Å². The number of amides is 1. The van der Waals surface area contributed by atoms with Crippen molar-refractivity contribution in [2.24, 2.45) is 0 Å². The van der Waals surface area contributed by atoms with Gasteiger partial charge in [-0.05, 0) is 34.9 Å². The molecule has 0 unspecified atom stereocenters. The maximum absolute atomic E-state index is 12.7. The Morgan fingerprint density at radius 1 is 1.10 bits per heavy atom. The first-order chi connectivity index (χ1) is 9.97. The van der Waals surface area contributed by atoms with E-state index < -0.39 is 0 Å².